The van der Waals surface area contributed by atoms with E-state index in [1.165, 1.54) is 6.20 Å². The summed E-state index contributed by atoms with van der Waals surface area (Å²) in [6, 6.07) is 9.30. The molecule has 0 saturated carbocycles. The van der Waals surface area contributed by atoms with Crippen molar-refractivity contribution in [2.75, 3.05) is 13.2 Å². The SMILES string of the molecule is CCOC(=O)c1cnn2c3c(c(=O)n(-c4ccccc4)c12)CCNC3. The molecule has 1 aliphatic rings. The molecule has 7 heteroatoms. The van der Waals surface area contributed by atoms with Gasteiger partial charge in [0.05, 0.1) is 24.2 Å². The summed E-state index contributed by atoms with van der Waals surface area (Å²) in [6.07, 6.45) is 2.10. The molecular weight excluding hydrogens is 320 g/mol. The third-order valence-corrected chi connectivity index (χ3v) is 4.37. The van der Waals surface area contributed by atoms with Gasteiger partial charge in [-0.1, -0.05) is 18.2 Å². The standard InChI is InChI=1S/C18H18N4O3/c1-2-25-18(24)14-10-20-22-15-11-19-9-8-13(15)17(23)21(16(14)22)12-6-4-3-5-7-12/h3-7,10,19H,2,8-9,11H2,1H3. The van der Waals surface area contributed by atoms with Crippen LogP contribution in [0.5, 0.6) is 0 Å². The van der Waals surface area contributed by atoms with Crippen molar-refractivity contribution in [2.45, 2.75) is 19.9 Å². The minimum absolute atomic E-state index is 0.110. The Labute approximate surface area is 143 Å². The van der Waals surface area contributed by atoms with Gasteiger partial charge in [-0.05, 0) is 32.0 Å². The fourth-order valence-electron chi connectivity index (χ4n) is 3.26. The number of aromatic nitrogens is 3. The van der Waals surface area contributed by atoms with Crippen LogP contribution in [-0.2, 0) is 17.7 Å². The molecule has 0 fully saturated rings. The smallest absolute Gasteiger partial charge is 0.343 e. The summed E-state index contributed by atoms with van der Waals surface area (Å²) in [5.41, 5.74) is 2.85. The Morgan fingerprint density at radius 2 is 2.12 bits per heavy atom. The number of esters is 1. The van der Waals surface area contributed by atoms with Crippen molar-refractivity contribution in [3.63, 3.8) is 0 Å². The largest absolute Gasteiger partial charge is 0.462 e. The number of para-hydroxylation sites is 1. The second-order valence-corrected chi connectivity index (χ2v) is 5.84. The maximum absolute atomic E-state index is 13.2. The average Bonchev–Trinajstić information content (AvgIpc) is 3.08. The molecule has 1 aliphatic heterocycles. The van der Waals surface area contributed by atoms with Gasteiger partial charge in [-0.2, -0.15) is 5.10 Å². The molecule has 1 N–H and O–H groups in total. The summed E-state index contributed by atoms with van der Waals surface area (Å²) in [7, 11) is 0. The zero-order valence-electron chi connectivity index (χ0n) is 13.9. The number of carbonyl (C=O) groups is 1. The minimum Gasteiger partial charge on any atom is -0.462 e. The van der Waals surface area contributed by atoms with Crippen LogP contribution in [0.15, 0.2) is 41.3 Å². The Kier molecular flexibility index (Phi) is 3.85. The zero-order chi connectivity index (χ0) is 17.4. The molecule has 3 aromatic rings. The lowest BCUT2D eigenvalue weighted by atomic mass is 10.1. The molecule has 25 heavy (non-hydrogen) atoms. The van der Waals surface area contributed by atoms with Gasteiger partial charge in [-0.3, -0.25) is 9.36 Å². The molecule has 1 aromatic carbocycles. The molecule has 128 valence electrons. The van der Waals surface area contributed by atoms with Gasteiger partial charge in [0.25, 0.3) is 5.56 Å². The molecule has 0 spiro atoms. The van der Waals surface area contributed by atoms with Gasteiger partial charge in [0.15, 0.2) is 5.65 Å². The van der Waals surface area contributed by atoms with Crippen molar-refractivity contribution in [3.8, 4) is 5.69 Å². The fraction of sp³-hybridized carbons (Fsp3) is 0.278. The third-order valence-electron chi connectivity index (χ3n) is 4.37. The summed E-state index contributed by atoms with van der Waals surface area (Å²) in [4.78, 5) is 25.6. The van der Waals surface area contributed by atoms with E-state index in [-0.39, 0.29) is 17.7 Å². The van der Waals surface area contributed by atoms with Gasteiger partial charge in [0, 0.05) is 12.1 Å². The van der Waals surface area contributed by atoms with Crippen molar-refractivity contribution in [1.82, 2.24) is 19.5 Å². The lowest BCUT2D eigenvalue weighted by molar-refractivity contribution is 0.0528. The molecule has 4 rings (SSSR count). The summed E-state index contributed by atoms with van der Waals surface area (Å²) in [5, 5.41) is 7.64. The van der Waals surface area contributed by atoms with Crippen molar-refractivity contribution in [1.29, 1.82) is 0 Å². The first-order valence-corrected chi connectivity index (χ1v) is 8.30. The fourth-order valence-corrected chi connectivity index (χ4v) is 3.26. The van der Waals surface area contributed by atoms with E-state index < -0.39 is 5.97 Å². The van der Waals surface area contributed by atoms with Crippen molar-refractivity contribution in [2.24, 2.45) is 0 Å². The van der Waals surface area contributed by atoms with Gasteiger partial charge >= 0.3 is 5.97 Å². The maximum atomic E-state index is 13.2. The van der Waals surface area contributed by atoms with Crippen molar-refractivity contribution >= 4 is 11.6 Å². The highest BCUT2D eigenvalue weighted by molar-refractivity contribution is 5.96. The molecule has 0 saturated heterocycles. The second-order valence-electron chi connectivity index (χ2n) is 5.84. The van der Waals surface area contributed by atoms with E-state index in [2.05, 4.69) is 10.4 Å². The molecule has 0 atom stereocenters. The average molecular weight is 338 g/mol. The number of hydrogen-bond acceptors (Lipinski definition) is 5. The zero-order valence-corrected chi connectivity index (χ0v) is 13.9. The third kappa shape index (κ3) is 2.44. The molecule has 2 aromatic heterocycles. The minimum atomic E-state index is -0.481. The number of rotatable bonds is 3. The van der Waals surface area contributed by atoms with Crippen LogP contribution in [0.25, 0.3) is 11.3 Å². The van der Waals surface area contributed by atoms with Crippen LogP contribution in [0.2, 0.25) is 0 Å². The summed E-state index contributed by atoms with van der Waals surface area (Å²) >= 11 is 0. The number of nitrogens with one attached hydrogen (secondary N) is 1. The summed E-state index contributed by atoms with van der Waals surface area (Å²) in [6.45, 7) is 3.30. The topological polar surface area (TPSA) is 77.6 Å². The highest BCUT2D eigenvalue weighted by Crippen LogP contribution is 2.20. The lowest BCUT2D eigenvalue weighted by Crippen LogP contribution is -2.36. The Bertz CT molecular complexity index is 1000. The first-order valence-electron chi connectivity index (χ1n) is 8.30. The molecular formula is C18H18N4O3. The quantitative estimate of drug-likeness (QED) is 0.729. The Balaban J connectivity index is 2.10. The van der Waals surface area contributed by atoms with Gasteiger partial charge in [-0.15, -0.1) is 0 Å². The molecule has 0 radical (unpaired) electrons. The summed E-state index contributed by atoms with van der Waals surface area (Å²) < 4.78 is 8.39. The van der Waals surface area contributed by atoms with Crippen LogP contribution in [0.1, 0.15) is 28.5 Å². The van der Waals surface area contributed by atoms with Crippen molar-refractivity contribution < 1.29 is 9.53 Å². The monoisotopic (exact) mass is 338 g/mol. The van der Waals surface area contributed by atoms with E-state index in [1.807, 2.05) is 30.3 Å². The Morgan fingerprint density at radius 1 is 1.32 bits per heavy atom. The number of carbonyl (C=O) groups excluding carboxylic acids is 1. The number of ether oxygens (including phenoxy) is 1. The number of hydrogen-bond donors (Lipinski definition) is 1. The number of fused-ring (bicyclic) bond motifs is 3. The van der Waals surface area contributed by atoms with Gasteiger partial charge in [0.1, 0.15) is 5.56 Å². The van der Waals surface area contributed by atoms with E-state index in [4.69, 9.17) is 4.74 Å². The molecule has 0 amide bonds. The molecule has 0 aliphatic carbocycles. The number of nitrogens with zero attached hydrogens (tertiary/aromatic N) is 3. The van der Waals surface area contributed by atoms with Crippen LogP contribution < -0.4 is 10.9 Å². The second kappa shape index (κ2) is 6.18. The highest BCUT2D eigenvalue weighted by Gasteiger charge is 2.25. The first-order chi connectivity index (χ1) is 12.2. The predicted molar refractivity (Wildman–Crippen MR) is 92.2 cm³/mol. The van der Waals surface area contributed by atoms with E-state index in [0.29, 0.717) is 24.3 Å². The van der Waals surface area contributed by atoms with Crippen LogP contribution in [0.4, 0.5) is 0 Å². The van der Waals surface area contributed by atoms with Crippen LogP contribution >= 0.6 is 0 Å². The van der Waals surface area contributed by atoms with Gasteiger partial charge in [-0.25, -0.2) is 9.31 Å². The van der Waals surface area contributed by atoms with Gasteiger partial charge < -0.3 is 10.1 Å². The maximum Gasteiger partial charge on any atom is 0.343 e. The van der Waals surface area contributed by atoms with E-state index in [0.717, 1.165) is 17.8 Å². The summed E-state index contributed by atoms with van der Waals surface area (Å²) in [5.74, 6) is -0.481. The molecule has 3 heterocycles. The van der Waals surface area contributed by atoms with Crippen molar-refractivity contribution in [3.05, 3.63) is 63.7 Å². The van der Waals surface area contributed by atoms with E-state index in [9.17, 15) is 9.59 Å². The molecule has 7 nitrogen and oxygen atoms in total. The van der Waals surface area contributed by atoms with Crippen LogP contribution in [0, 0.1) is 0 Å². The Morgan fingerprint density at radius 3 is 2.88 bits per heavy atom. The van der Waals surface area contributed by atoms with Crippen LogP contribution in [-0.4, -0.2) is 33.3 Å². The van der Waals surface area contributed by atoms with Crippen LogP contribution in [0.3, 0.4) is 0 Å². The first kappa shape index (κ1) is 15.6. The predicted octanol–water partition coefficient (Wildman–Crippen LogP) is 1.31. The highest BCUT2D eigenvalue weighted by atomic mass is 16.5. The molecule has 0 unspecified atom stereocenters. The Hall–Kier alpha value is -2.93. The number of benzene rings is 1. The molecule has 0 bridgehead atoms. The normalized spacial score (nSPS) is 13.6. The van der Waals surface area contributed by atoms with E-state index >= 15 is 0 Å². The lowest BCUT2D eigenvalue weighted by Gasteiger charge is -2.20. The van der Waals surface area contributed by atoms with E-state index in [1.54, 1.807) is 16.0 Å². The van der Waals surface area contributed by atoms with Gasteiger partial charge in [0.2, 0.25) is 0 Å².